The first-order valence-corrected chi connectivity index (χ1v) is 5.05. The number of nitriles is 1. The van der Waals surface area contributed by atoms with Crippen LogP contribution in [0, 0.1) is 25.2 Å². The Balaban J connectivity index is 2.94. The summed E-state index contributed by atoms with van der Waals surface area (Å²) >= 11 is 11.5. The lowest BCUT2D eigenvalue weighted by Crippen LogP contribution is -2.13. The summed E-state index contributed by atoms with van der Waals surface area (Å²) in [5, 5.41) is 8.68. The van der Waals surface area contributed by atoms with Crippen molar-refractivity contribution in [3.05, 3.63) is 34.9 Å². The monoisotopic (exact) mass is 227 g/mol. The predicted molar refractivity (Wildman–Crippen MR) is 59.7 cm³/mol. The quantitative estimate of drug-likeness (QED) is 0.710. The van der Waals surface area contributed by atoms with Crippen LogP contribution in [0.25, 0.3) is 0 Å². The first-order chi connectivity index (χ1) is 6.43. The largest absolute Gasteiger partial charge is 0.207 e. The molecule has 0 heterocycles. The Labute approximate surface area is 94.3 Å². The minimum atomic E-state index is -1.32. The summed E-state index contributed by atoms with van der Waals surface area (Å²) in [5.74, 6) is 0. The number of aryl methyl sites for hydroxylation is 2. The van der Waals surface area contributed by atoms with Crippen LogP contribution in [0.1, 0.15) is 16.7 Å². The van der Waals surface area contributed by atoms with Crippen molar-refractivity contribution < 1.29 is 0 Å². The Morgan fingerprint density at radius 3 is 2.14 bits per heavy atom. The summed E-state index contributed by atoms with van der Waals surface area (Å²) in [6.07, 6.45) is 0.356. The van der Waals surface area contributed by atoms with Gasteiger partial charge >= 0.3 is 0 Å². The molecule has 0 amide bonds. The number of hydrogen-bond donors (Lipinski definition) is 0. The molecule has 0 saturated heterocycles. The van der Waals surface area contributed by atoms with Gasteiger partial charge in [-0.2, -0.15) is 5.26 Å². The third-order valence-corrected chi connectivity index (χ3v) is 2.31. The smallest absolute Gasteiger partial charge is 0.195 e. The maximum absolute atomic E-state index is 8.68. The first kappa shape index (κ1) is 11.4. The van der Waals surface area contributed by atoms with Crippen LogP contribution in [0.15, 0.2) is 18.2 Å². The van der Waals surface area contributed by atoms with Gasteiger partial charge in [0, 0.05) is 6.42 Å². The van der Waals surface area contributed by atoms with Gasteiger partial charge in [0.15, 0.2) is 0 Å². The highest BCUT2D eigenvalue weighted by atomic mass is 35.5. The number of hydrogen-bond acceptors (Lipinski definition) is 1. The number of benzene rings is 1. The molecule has 0 fully saturated rings. The van der Waals surface area contributed by atoms with Gasteiger partial charge < -0.3 is 0 Å². The third kappa shape index (κ3) is 3.21. The van der Waals surface area contributed by atoms with E-state index in [1.165, 1.54) is 0 Å². The van der Waals surface area contributed by atoms with E-state index in [2.05, 4.69) is 6.07 Å². The summed E-state index contributed by atoms with van der Waals surface area (Å²) in [7, 11) is 0. The van der Waals surface area contributed by atoms with E-state index in [1.54, 1.807) is 0 Å². The molecular formula is C11H11Cl2N. The zero-order valence-corrected chi connectivity index (χ0v) is 9.65. The fourth-order valence-corrected chi connectivity index (χ4v) is 1.78. The van der Waals surface area contributed by atoms with E-state index in [9.17, 15) is 0 Å². The Morgan fingerprint density at radius 1 is 1.21 bits per heavy atom. The van der Waals surface area contributed by atoms with E-state index in [0.29, 0.717) is 6.42 Å². The molecule has 0 atom stereocenters. The number of halogens is 2. The summed E-state index contributed by atoms with van der Waals surface area (Å²) in [5.41, 5.74) is 3.30. The summed E-state index contributed by atoms with van der Waals surface area (Å²) in [6, 6.07) is 7.91. The van der Waals surface area contributed by atoms with Crippen LogP contribution in [-0.2, 0) is 6.42 Å². The molecule has 1 aromatic rings. The lowest BCUT2D eigenvalue weighted by Gasteiger charge is -2.11. The van der Waals surface area contributed by atoms with Gasteiger partial charge in [-0.05, 0) is 19.4 Å². The van der Waals surface area contributed by atoms with E-state index in [-0.39, 0.29) is 0 Å². The predicted octanol–water partition coefficient (Wildman–Crippen LogP) is 3.54. The van der Waals surface area contributed by atoms with Crippen molar-refractivity contribution in [3.8, 4) is 6.07 Å². The molecule has 0 radical (unpaired) electrons. The molecule has 0 bridgehead atoms. The summed E-state index contributed by atoms with van der Waals surface area (Å²) in [6.45, 7) is 4.01. The van der Waals surface area contributed by atoms with Crippen molar-refractivity contribution in [1.29, 1.82) is 5.26 Å². The SMILES string of the molecule is Cc1cc(C)cc(CC(Cl)(Cl)C#N)c1. The molecule has 0 saturated carbocycles. The molecule has 0 aliphatic carbocycles. The van der Waals surface area contributed by atoms with Gasteiger partial charge in [0.2, 0.25) is 4.33 Å². The van der Waals surface area contributed by atoms with Crippen LogP contribution in [0.5, 0.6) is 0 Å². The van der Waals surface area contributed by atoms with Crippen molar-refractivity contribution in [2.75, 3.05) is 0 Å². The van der Waals surface area contributed by atoms with E-state index < -0.39 is 4.33 Å². The second-order valence-electron chi connectivity index (χ2n) is 3.49. The van der Waals surface area contributed by atoms with Crippen LogP contribution in [0.4, 0.5) is 0 Å². The highest BCUT2D eigenvalue weighted by Gasteiger charge is 2.23. The van der Waals surface area contributed by atoms with Crippen molar-refractivity contribution in [2.24, 2.45) is 0 Å². The molecular weight excluding hydrogens is 217 g/mol. The maximum atomic E-state index is 8.68. The van der Waals surface area contributed by atoms with Gasteiger partial charge in [0.25, 0.3) is 0 Å². The molecule has 1 aromatic carbocycles. The lowest BCUT2D eigenvalue weighted by atomic mass is 10.0. The molecule has 1 rings (SSSR count). The molecule has 0 aliphatic rings. The van der Waals surface area contributed by atoms with Crippen LogP contribution in [0.2, 0.25) is 0 Å². The average molecular weight is 228 g/mol. The third-order valence-electron chi connectivity index (χ3n) is 1.87. The fraction of sp³-hybridized carbons (Fsp3) is 0.364. The standard InChI is InChI=1S/C11H11Cl2N/c1-8-3-9(2)5-10(4-8)6-11(12,13)7-14/h3-5H,6H2,1-2H3. The van der Waals surface area contributed by atoms with Crippen LogP contribution < -0.4 is 0 Å². The maximum Gasteiger partial charge on any atom is 0.207 e. The molecule has 14 heavy (non-hydrogen) atoms. The molecule has 0 unspecified atom stereocenters. The number of alkyl halides is 2. The van der Waals surface area contributed by atoms with E-state index >= 15 is 0 Å². The van der Waals surface area contributed by atoms with Crippen molar-refractivity contribution >= 4 is 23.2 Å². The van der Waals surface area contributed by atoms with E-state index in [1.807, 2.05) is 32.0 Å². The number of rotatable bonds is 2. The van der Waals surface area contributed by atoms with Gasteiger partial charge in [-0.25, -0.2) is 0 Å². The van der Waals surface area contributed by atoms with Crippen LogP contribution in [-0.4, -0.2) is 4.33 Å². The minimum absolute atomic E-state index is 0.356. The topological polar surface area (TPSA) is 23.8 Å². The molecule has 0 N–H and O–H groups in total. The number of nitrogens with zero attached hydrogens (tertiary/aromatic N) is 1. The van der Waals surface area contributed by atoms with E-state index in [0.717, 1.165) is 16.7 Å². The van der Waals surface area contributed by atoms with Crippen LogP contribution >= 0.6 is 23.2 Å². The summed E-state index contributed by atoms with van der Waals surface area (Å²) < 4.78 is -1.32. The average Bonchev–Trinajstić information content (AvgIpc) is 2.01. The molecule has 1 nitrogen and oxygen atoms in total. The van der Waals surface area contributed by atoms with Crippen LogP contribution in [0.3, 0.4) is 0 Å². The molecule has 74 valence electrons. The van der Waals surface area contributed by atoms with Gasteiger partial charge in [-0.3, -0.25) is 0 Å². The van der Waals surface area contributed by atoms with E-state index in [4.69, 9.17) is 28.5 Å². The Morgan fingerprint density at radius 2 is 1.71 bits per heavy atom. The fourth-order valence-electron chi connectivity index (χ4n) is 1.47. The minimum Gasteiger partial charge on any atom is -0.195 e. The highest BCUT2D eigenvalue weighted by Crippen LogP contribution is 2.25. The van der Waals surface area contributed by atoms with Crippen molar-refractivity contribution in [2.45, 2.75) is 24.6 Å². The second-order valence-corrected chi connectivity index (χ2v) is 4.97. The van der Waals surface area contributed by atoms with Gasteiger partial charge in [-0.1, -0.05) is 52.5 Å². The lowest BCUT2D eigenvalue weighted by molar-refractivity contribution is 0.942. The zero-order valence-electron chi connectivity index (χ0n) is 8.14. The second kappa shape index (κ2) is 4.21. The molecule has 0 aromatic heterocycles. The Bertz CT molecular complexity index is 357. The van der Waals surface area contributed by atoms with Crippen molar-refractivity contribution in [3.63, 3.8) is 0 Å². The highest BCUT2D eigenvalue weighted by molar-refractivity contribution is 6.50. The zero-order chi connectivity index (χ0) is 10.8. The molecule has 0 aliphatic heterocycles. The molecule has 0 spiro atoms. The van der Waals surface area contributed by atoms with Gasteiger partial charge in [0.05, 0.1) is 0 Å². The van der Waals surface area contributed by atoms with Crippen molar-refractivity contribution in [1.82, 2.24) is 0 Å². The normalized spacial score (nSPS) is 11.1. The Hall–Kier alpha value is -0.710. The first-order valence-electron chi connectivity index (χ1n) is 4.29. The summed E-state index contributed by atoms with van der Waals surface area (Å²) in [4.78, 5) is 0. The Kier molecular flexibility index (Phi) is 3.42. The molecule has 3 heteroatoms. The van der Waals surface area contributed by atoms with Gasteiger partial charge in [-0.15, -0.1) is 0 Å². The van der Waals surface area contributed by atoms with Gasteiger partial charge in [0.1, 0.15) is 6.07 Å².